The number of rotatable bonds is 20. The number of hydrogen-bond acceptors (Lipinski definition) is 11. The molecular formula is C44H53N8O10S2+. The predicted molar refractivity (Wildman–Crippen MR) is 241 cm³/mol. The summed E-state index contributed by atoms with van der Waals surface area (Å²) >= 11 is 0. The number of carbonyl (C=O) groups excluding carboxylic acids is 3. The number of nitrogens with one attached hydrogen (secondary N) is 3. The Morgan fingerprint density at radius 1 is 0.797 bits per heavy atom. The summed E-state index contributed by atoms with van der Waals surface area (Å²) in [5.41, 5.74) is 10.9. The number of amides is 3. The zero-order valence-corrected chi connectivity index (χ0v) is 37.4. The SMILES string of the molecule is CNN(C)Cc1cc2ccccc2n1CCC(=O)NCCCCCNC(=O)CCCN(C)C(=O)c1ccccc1-c1c2ccc(=[NH2+])c(S(=O)(=O)O)c-2oc2c(S(=O)(=O)O)c(N)ccc12. The van der Waals surface area contributed by atoms with Crippen molar-refractivity contribution in [3.05, 3.63) is 95.5 Å². The Bertz CT molecular complexity index is 2970. The average molecular weight is 918 g/mol. The van der Waals surface area contributed by atoms with E-state index < -0.39 is 58.3 Å². The molecule has 20 heteroatoms. The third kappa shape index (κ3) is 10.8. The van der Waals surface area contributed by atoms with Crippen molar-refractivity contribution in [1.29, 1.82) is 0 Å². The average Bonchev–Trinajstić information content (AvgIpc) is 3.59. The van der Waals surface area contributed by atoms with Crippen molar-refractivity contribution >= 4 is 65.5 Å². The fourth-order valence-corrected chi connectivity index (χ4v) is 9.25. The fraction of sp³-hybridized carbons (Fsp3) is 0.318. The highest BCUT2D eigenvalue weighted by atomic mass is 32.2. The van der Waals surface area contributed by atoms with Crippen LogP contribution in [0.5, 0.6) is 0 Å². The van der Waals surface area contributed by atoms with Gasteiger partial charge in [0.05, 0.1) is 12.2 Å². The molecule has 64 heavy (non-hydrogen) atoms. The van der Waals surface area contributed by atoms with Crippen LogP contribution < -0.4 is 32.6 Å². The number of nitrogens with zero attached hydrogens (tertiary/aromatic N) is 3. The number of nitrogens with two attached hydrogens (primary N) is 2. The van der Waals surface area contributed by atoms with Crippen LogP contribution in [0.3, 0.4) is 0 Å². The Kier molecular flexibility index (Phi) is 14.9. The molecule has 0 saturated heterocycles. The Labute approximate surface area is 370 Å². The highest BCUT2D eigenvalue weighted by molar-refractivity contribution is 7.86. The van der Waals surface area contributed by atoms with Crippen LogP contribution in [0.15, 0.2) is 93.1 Å². The number of hydrazine groups is 1. The summed E-state index contributed by atoms with van der Waals surface area (Å²) < 4.78 is 78.6. The van der Waals surface area contributed by atoms with Gasteiger partial charge in [-0.2, -0.15) is 16.8 Å². The molecule has 0 spiro atoms. The lowest BCUT2D eigenvalue weighted by Crippen LogP contribution is -2.47. The molecule has 0 radical (unpaired) electrons. The second kappa shape index (κ2) is 20.1. The molecule has 18 nitrogen and oxygen atoms in total. The number of fused-ring (bicyclic) bond motifs is 3. The zero-order chi connectivity index (χ0) is 46.3. The van der Waals surface area contributed by atoms with Gasteiger partial charge in [-0.25, -0.2) is 5.01 Å². The summed E-state index contributed by atoms with van der Waals surface area (Å²) in [7, 11) is -4.73. The molecule has 4 aromatic rings. The van der Waals surface area contributed by atoms with E-state index in [2.05, 4.69) is 38.8 Å². The standard InChI is InChI=1S/C44H52N8O10S2/c1-47-51(3)27-29-26-28-12-5-8-15-36(28)52(29)25-21-38(54)49-23-10-4-9-22-48-37(53)16-11-24-50(2)44(55)31-14-7-6-13-30(31)39-32-17-19-34(45)42(63(56,57)58)40(32)62-41-33(39)18-20-35(46)43(41)64(59,60)61/h5-8,12-15,17-20,26,45,47H,4,9-11,16,21-25,27,46H2,1-3H3,(H,48,53)(H,49,54)(H,56,57,58)(H,59,60,61)/p+1. The van der Waals surface area contributed by atoms with E-state index in [0.717, 1.165) is 35.9 Å². The molecule has 0 fully saturated rings. The van der Waals surface area contributed by atoms with E-state index in [9.17, 15) is 40.3 Å². The van der Waals surface area contributed by atoms with Crippen molar-refractivity contribution < 1.29 is 50.2 Å². The molecule has 0 saturated carbocycles. The summed E-state index contributed by atoms with van der Waals surface area (Å²) in [4.78, 5) is 39.2. The van der Waals surface area contributed by atoms with E-state index in [-0.39, 0.29) is 52.4 Å². The zero-order valence-electron chi connectivity index (χ0n) is 35.8. The Morgan fingerprint density at radius 3 is 2.14 bits per heavy atom. The van der Waals surface area contributed by atoms with Gasteiger partial charge in [0, 0.05) is 92.5 Å². The molecule has 1 aliphatic carbocycles. The van der Waals surface area contributed by atoms with Crippen LogP contribution in [0.1, 0.15) is 54.6 Å². The maximum Gasteiger partial charge on any atom is 0.304 e. The van der Waals surface area contributed by atoms with Crippen molar-refractivity contribution in [1.82, 2.24) is 30.5 Å². The first-order valence-electron chi connectivity index (χ1n) is 20.6. The molecule has 9 N–H and O–H groups in total. The van der Waals surface area contributed by atoms with Crippen molar-refractivity contribution in [2.75, 3.05) is 46.5 Å². The highest BCUT2D eigenvalue weighted by Gasteiger charge is 2.33. The number of anilines is 1. The third-order valence-corrected chi connectivity index (χ3v) is 12.8. The molecule has 3 aromatic carbocycles. The van der Waals surface area contributed by atoms with Crippen LogP contribution >= 0.6 is 0 Å². The van der Waals surface area contributed by atoms with Crippen LogP contribution in [-0.4, -0.2) is 98.9 Å². The molecular weight excluding hydrogens is 865 g/mol. The molecule has 2 heterocycles. The van der Waals surface area contributed by atoms with Crippen LogP contribution in [0, 0.1) is 0 Å². The molecule has 0 unspecified atom stereocenters. The van der Waals surface area contributed by atoms with E-state index in [4.69, 9.17) is 15.6 Å². The summed E-state index contributed by atoms with van der Waals surface area (Å²) in [6.07, 6.45) is 3.11. The van der Waals surface area contributed by atoms with Gasteiger partial charge in [-0.1, -0.05) is 36.4 Å². The summed E-state index contributed by atoms with van der Waals surface area (Å²) in [5.74, 6) is -1.21. The first-order chi connectivity index (χ1) is 30.4. The molecule has 0 atom stereocenters. The van der Waals surface area contributed by atoms with E-state index in [1.165, 1.54) is 35.2 Å². The van der Waals surface area contributed by atoms with Gasteiger partial charge in [0.15, 0.2) is 16.2 Å². The van der Waals surface area contributed by atoms with Gasteiger partial charge in [-0.3, -0.25) is 34.3 Å². The lowest BCUT2D eigenvalue weighted by Gasteiger charge is -2.22. The summed E-state index contributed by atoms with van der Waals surface area (Å²) in [6, 6.07) is 21.8. The van der Waals surface area contributed by atoms with Gasteiger partial charge < -0.3 is 30.3 Å². The molecule has 1 aromatic heterocycles. The van der Waals surface area contributed by atoms with E-state index in [1.807, 2.05) is 31.2 Å². The monoisotopic (exact) mass is 917 g/mol. The van der Waals surface area contributed by atoms with Crippen LogP contribution in [0.4, 0.5) is 5.69 Å². The fourth-order valence-electron chi connectivity index (χ4n) is 7.75. The smallest absolute Gasteiger partial charge is 0.304 e. The number of aryl methyl sites for hydroxylation is 1. The molecule has 3 amide bonds. The first-order valence-corrected chi connectivity index (χ1v) is 23.5. The molecule has 0 bridgehead atoms. The molecule has 2 aliphatic rings. The topological polar surface area (TPSA) is 272 Å². The predicted octanol–water partition coefficient (Wildman–Crippen LogP) is 2.81. The maximum absolute atomic E-state index is 14.0. The number of benzene rings is 4. The lowest BCUT2D eigenvalue weighted by atomic mass is 9.90. The summed E-state index contributed by atoms with van der Waals surface area (Å²) in [5, 5.41) is 14.6. The minimum Gasteiger partial charge on any atom is -0.453 e. The number of unbranched alkanes of at least 4 members (excludes halogenated alkanes) is 2. The minimum atomic E-state index is -5.06. The second-order valence-electron chi connectivity index (χ2n) is 15.5. The number of para-hydroxylation sites is 1. The highest BCUT2D eigenvalue weighted by Crippen LogP contribution is 2.45. The second-order valence-corrected chi connectivity index (χ2v) is 18.2. The Hall–Kier alpha value is -6.16. The van der Waals surface area contributed by atoms with Gasteiger partial charge in [0.2, 0.25) is 22.1 Å². The molecule has 1 aliphatic heterocycles. The van der Waals surface area contributed by atoms with Gasteiger partial charge in [0.1, 0.15) is 0 Å². The number of carbonyl (C=O) groups is 3. The van der Waals surface area contributed by atoms with Crippen molar-refractivity contribution in [2.45, 2.75) is 61.4 Å². The van der Waals surface area contributed by atoms with Gasteiger partial charge in [0.25, 0.3) is 16.0 Å². The number of hydrogen-bond donors (Lipinski definition) is 7. The van der Waals surface area contributed by atoms with E-state index in [0.29, 0.717) is 39.0 Å². The van der Waals surface area contributed by atoms with Crippen molar-refractivity contribution in [3.8, 4) is 22.5 Å². The van der Waals surface area contributed by atoms with Crippen molar-refractivity contribution in [2.24, 2.45) is 0 Å². The third-order valence-electron chi connectivity index (χ3n) is 11.0. The number of aromatic nitrogens is 1. The van der Waals surface area contributed by atoms with E-state index >= 15 is 0 Å². The van der Waals surface area contributed by atoms with E-state index in [1.54, 1.807) is 25.2 Å². The quantitative estimate of drug-likeness (QED) is 0.0191. The summed E-state index contributed by atoms with van der Waals surface area (Å²) in [6.45, 7) is 2.43. The van der Waals surface area contributed by atoms with Gasteiger partial charge in [-0.15, -0.1) is 0 Å². The lowest BCUT2D eigenvalue weighted by molar-refractivity contribution is -0.176. The minimum absolute atomic E-state index is 0.0244. The first kappa shape index (κ1) is 47.3. The largest absolute Gasteiger partial charge is 0.453 e. The Morgan fingerprint density at radius 2 is 1.45 bits per heavy atom. The normalized spacial score (nSPS) is 12.0. The maximum atomic E-state index is 14.0. The molecule has 6 rings (SSSR count). The van der Waals surface area contributed by atoms with Crippen LogP contribution in [0.25, 0.3) is 44.3 Å². The number of nitrogen functional groups attached to an aromatic ring is 1. The van der Waals surface area contributed by atoms with Gasteiger partial charge in [-0.05, 0) is 80.1 Å². The Balaban J connectivity index is 1.02. The van der Waals surface area contributed by atoms with Gasteiger partial charge >= 0.3 is 10.1 Å². The van der Waals surface area contributed by atoms with Crippen LogP contribution in [0.2, 0.25) is 0 Å². The van der Waals surface area contributed by atoms with Crippen molar-refractivity contribution in [3.63, 3.8) is 0 Å². The van der Waals surface area contributed by atoms with Crippen LogP contribution in [-0.2, 0) is 42.9 Å². The molecule has 340 valence electrons.